The lowest BCUT2D eigenvalue weighted by Gasteiger charge is -2.26. The summed E-state index contributed by atoms with van der Waals surface area (Å²) in [5.74, 6) is 1.27. The molecule has 0 heterocycles. The maximum atomic E-state index is 11.5. The van der Waals surface area contributed by atoms with E-state index >= 15 is 0 Å². The van der Waals surface area contributed by atoms with Gasteiger partial charge in [0.25, 0.3) is 0 Å². The summed E-state index contributed by atoms with van der Waals surface area (Å²) in [6, 6.07) is 0. The van der Waals surface area contributed by atoms with E-state index in [1.165, 1.54) is 38.9 Å². The molecule has 0 spiro atoms. The molecule has 2 fully saturated rings. The second-order valence-electron chi connectivity index (χ2n) is 7.65. The van der Waals surface area contributed by atoms with Crippen LogP contribution >= 0.6 is 0 Å². The molecule has 2 rings (SSSR count). The molecular formula is C24H44O5. The average Bonchev–Trinajstić information content (AvgIpc) is 2.72. The van der Waals surface area contributed by atoms with Crippen molar-refractivity contribution in [2.45, 2.75) is 72.6 Å². The molecule has 0 saturated heterocycles. The Labute approximate surface area is 178 Å². The molecule has 4 atom stereocenters. The van der Waals surface area contributed by atoms with Crippen LogP contribution < -0.4 is 0 Å². The van der Waals surface area contributed by atoms with Gasteiger partial charge in [0.05, 0.1) is 25.6 Å². The van der Waals surface area contributed by atoms with Crippen LogP contribution in [0, 0.1) is 23.7 Å². The van der Waals surface area contributed by atoms with Crippen LogP contribution in [0.2, 0.25) is 0 Å². The second-order valence-corrected chi connectivity index (χ2v) is 7.65. The number of carbonyl (C=O) groups excluding carboxylic acids is 2. The van der Waals surface area contributed by atoms with Gasteiger partial charge in [0, 0.05) is 0 Å². The molecular weight excluding hydrogens is 368 g/mol. The maximum absolute atomic E-state index is 11.5. The van der Waals surface area contributed by atoms with Crippen LogP contribution in [0.25, 0.3) is 0 Å². The Morgan fingerprint density at radius 1 is 0.897 bits per heavy atom. The van der Waals surface area contributed by atoms with E-state index in [1.807, 2.05) is 0 Å². The van der Waals surface area contributed by atoms with Crippen molar-refractivity contribution in [1.82, 2.24) is 0 Å². The maximum Gasteiger partial charge on any atom is 0.309 e. The second kappa shape index (κ2) is 18.4. The van der Waals surface area contributed by atoms with E-state index in [2.05, 4.69) is 27.0 Å². The van der Waals surface area contributed by atoms with Gasteiger partial charge in [-0.15, -0.1) is 6.58 Å². The van der Waals surface area contributed by atoms with Gasteiger partial charge in [-0.1, -0.05) is 65.7 Å². The van der Waals surface area contributed by atoms with E-state index in [1.54, 1.807) is 6.08 Å². The lowest BCUT2D eigenvalue weighted by atomic mass is 9.80. The number of aliphatic hydroxyl groups excluding tert-OH is 1. The first-order chi connectivity index (χ1) is 13.4. The Kier molecular flexibility index (Phi) is 18.8. The fourth-order valence-corrected chi connectivity index (χ4v) is 3.73. The zero-order valence-electron chi connectivity index (χ0n) is 18.0. The van der Waals surface area contributed by atoms with Crippen LogP contribution in [0.3, 0.4) is 0 Å². The zero-order chi connectivity index (χ0) is 21.4. The summed E-state index contributed by atoms with van der Waals surface area (Å²) in [4.78, 5) is 22.7. The van der Waals surface area contributed by atoms with Gasteiger partial charge in [0.2, 0.25) is 0 Å². The molecule has 2 aliphatic carbocycles. The summed E-state index contributed by atoms with van der Waals surface area (Å²) in [7, 11) is 1.48. The highest BCUT2D eigenvalue weighted by atomic mass is 16.5. The van der Waals surface area contributed by atoms with E-state index in [0.717, 1.165) is 25.7 Å². The molecule has 29 heavy (non-hydrogen) atoms. The molecule has 2 saturated carbocycles. The Morgan fingerprint density at radius 2 is 1.31 bits per heavy atom. The summed E-state index contributed by atoms with van der Waals surface area (Å²) in [6.45, 7) is 11.5. The Balaban J connectivity index is 0. The van der Waals surface area contributed by atoms with Crippen molar-refractivity contribution < 1.29 is 24.2 Å². The van der Waals surface area contributed by atoms with Crippen molar-refractivity contribution in [3.05, 3.63) is 25.3 Å². The van der Waals surface area contributed by atoms with Crippen molar-refractivity contribution in [2.24, 2.45) is 23.7 Å². The molecule has 4 unspecified atom stereocenters. The van der Waals surface area contributed by atoms with Crippen molar-refractivity contribution in [1.29, 1.82) is 0 Å². The van der Waals surface area contributed by atoms with Crippen LogP contribution in [-0.2, 0) is 19.1 Å². The first-order valence-electron chi connectivity index (χ1n) is 10.5. The Morgan fingerprint density at radius 3 is 1.66 bits per heavy atom. The third kappa shape index (κ3) is 12.5. The third-order valence-corrected chi connectivity index (χ3v) is 5.50. The van der Waals surface area contributed by atoms with Crippen LogP contribution in [0.15, 0.2) is 25.3 Å². The van der Waals surface area contributed by atoms with Gasteiger partial charge < -0.3 is 14.6 Å². The third-order valence-electron chi connectivity index (χ3n) is 5.50. The van der Waals surface area contributed by atoms with Gasteiger partial charge >= 0.3 is 11.9 Å². The highest BCUT2D eigenvalue weighted by Crippen LogP contribution is 2.31. The van der Waals surface area contributed by atoms with Crippen LogP contribution in [0.5, 0.6) is 0 Å². The van der Waals surface area contributed by atoms with Gasteiger partial charge in [0.15, 0.2) is 0 Å². The predicted octanol–water partition coefficient (Wildman–Crippen LogP) is 5.33. The summed E-state index contributed by atoms with van der Waals surface area (Å²) in [6.07, 6.45) is 12.3. The first kappa shape index (κ1) is 29.6. The monoisotopic (exact) mass is 412 g/mol. The molecule has 0 aromatic rings. The van der Waals surface area contributed by atoms with E-state index < -0.39 is 0 Å². The van der Waals surface area contributed by atoms with E-state index in [9.17, 15) is 9.59 Å². The highest BCUT2D eigenvalue weighted by Gasteiger charge is 2.29. The minimum Gasteiger partial charge on any atom is -0.469 e. The highest BCUT2D eigenvalue weighted by molar-refractivity contribution is 5.73. The van der Waals surface area contributed by atoms with E-state index in [0.29, 0.717) is 18.4 Å². The van der Waals surface area contributed by atoms with Gasteiger partial charge in [-0.05, 0) is 37.5 Å². The quantitative estimate of drug-likeness (QED) is 0.488. The molecule has 0 amide bonds. The van der Waals surface area contributed by atoms with E-state index in [-0.39, 0.29) is 37.8 Å². The Bertz CT molecular complexity index is 460. The smallest absolute Gasteiger partial charge is 0.309 e. The topological polar surface area (TPSA) is 72.8 Å². The molecule has 0 radical (unpaired) electrons. The van der Waals surface area contributed by atoms with Crippen molar-refractivity contribution >= 4 is 11.9 Å². The SMILES string of the molecule is C.C=CCO.C=CCOC(=O)C1CCCCC1C.COC(=O)C1CCCCC1C. The number of carbonyl (C=O) groups is 2. The number of hydrogen-bond acceptors (Lipinski definition) is 5. The van der Waals surface area contributed by atoms with Gasteiger partial charge in [-0.3, -0.25) is 9.59 Å². The minimum atomic E-state index is -0.0351. The summed E-state index contributed by atoms with van der Waals surface area (Å²) in [5.41, 5.74) is 0. The minimum absolute atomic E-state index is 0. The molecule has 0 bridgehead atoms. The first-order valence-corrected chi connectivity index (χ1v) is 10.5. The number of esters is 2. The normalized spacial score (nSPS) is 25.4. The molecule has 2 aliphatic rings. The fraction of sp³-hybridized carbons (Fsp3) is 0.750. The largest absolute Gasteiger partial charge is 0.469 e. The van der Waals surface area contributed by atoms with Gasteiger partial charge in [-0.2, -0.15) is 0 Å². The standard InChI is InChI=1S/C11H18O2.C9H16O2.C3H6O.CH4/c1-3-8-13-11(12)10-7-5-4-6-9(10)2;1-7-5-3-4-6-8(7)9(10)11-2;1-2-3-4;/h3,9-10H,1,4-8H2,2H3;7-8H,3-6H2,1-2H3;2,4H,1,3H2;1H4. The fourth-order valence-electron chi connectivity index (χ4n) is 3.73. The van der Waals surface area contributed by atoms with Gasteiger partial charge in [0.1, 0.15) is 6.61 Å². The number of rotatable bonds is 5. The molecule has 0 aromatic heterocycles. The lowest BCUT2D eigenvalue weighted by Crippen LogP contribution is -2.27. The van der Waals surface area contributed by atoms with Gasteiger partial charge in [-0.25, -0.2) is 0 Å². The molecule has 0 aromatic carbocycles. The van der Waals surface area contributed by atoms with Crippen molar-refractivity contribution in [3.8, 4) is 0 Å². The average molecular weight is 413 g/mol. The summed E-state index contributed by atoms with van der Waals surface area (Å²) >= 11 is 0. The van der Waals surface area contributed by atoms with Crippen molar-refractivity contribution in [2.75, 3.05) is 20.3 Å². The summed E-state index contributed by atoms with van der Waals surface area (Å²) in [5, 5.41) is 7.76. The lowest BCUT2D eigenvalue weighted by molar-refractivity contribution is -0.150. The predicted molar refractivity (Wildman–Crippen MR) is 119 cm³/mol. The molecule has 0 aliphatic heterocycles. The van der Waals surface area contributed by atoms with Crippen LogP contribution in [0.4, 0.5) is 0 Å². The molecule has 5 nitrogen and oxygen atoms in total. The number of methoxy groups -OCH3 is 1. The van der Waals surface area contributed by atoms with Crippen molar-refractivity contribution in [3.63, 3.8) is 0 Å². The number of ether oxygens (including phenoxy) is 2. The summed E-state index contributed by atoms with van der Waals surface area (Å²) < 4.78 is 9.77. The zero-order valence-corrected chi connectivity index (χ0v) is 18.0. The van der Waals surface area contributed by atoms with Crippen LogP contribution in [-0.4, -0.2) is 37.4 Å². The van der Waals surface area contributed by atoms with Crippen LogP contribution in [0.1, 0.15) is 72.6 Å². The number of hydrogen-bond donors (Lipinski definition) is 1. The Hall–Kier alpha value is -1.62. The molecule has 170 valence electrons. The van der Waals surface area contributed by atoms with E-state index in [4.69, 9.17) is 14.6 Å². The molecule has 5 heteroatoms. The molecule has 1 N–H and O–H groups in total. The number of aliphatic hydroxyl groups is 1.